The number of benzene rings is 1. The van der Waals surface area contributed by atoms with E-state index in [0.717, 1.165) is 0 Å². The molecule has 8 atom stereocenters. The first kappa shape index (κ1) is 9.08. The van der Waals surface area contributed by atoms with Crippen molar-refractivity contribution in [1.82, 2.24) is 0 Å². The smallest absolute Gasteiger partial charge is 0.164 e. The summed E-state index contributed by atoms with van der Waals surface area (Å²) >= 11 is 0. The van der Waals surface area contributed by atoms with E-state index < -0.39 is 0 Å². The average Bonchev–Trinajstić information content (AvgIpc) is 3.04. The van der Waals surface area contributed by atoms with Gasteiger partial charge in [-0.15, -0.1) is 0 Å². The first-order chi connectivity index (χ1) is 8.92. The van der Waals surface area contributed by atoms with Crippen LogP contribution in [-0.4, -0.2) is 12.6 Å². The molecule has 2 bridgehead atoms. The maximum absolute atomic E-state index is 6.21. The van der Waals surface area contributed by atoms with Crippen molar-refractivity contribution in [2.75, 3.05) is 0 Å². The lowest BCUT2D eigenvalue weighted by Crippen LogP contribution is -2.35. The van der Waals surface area contributed by atoms with Gasteiger partial charge in [0, 0.05) is 23.7 Å². The van der Waals surface area contributed by atoms with Gasteiger partial charge in [-0.1, -0.05) is 24.3 Å². The van der Waals surface area contributed by atoms with Crippen molar-refractivity contribution >= 4 is 0 Å². The van der Waals surface area contributed by atoms with Crippen molar-refractivity contribution in [1.29, 1.82) is 0 Å². The highest BCUT2D eigenvalue weighted by Gasteiger charge is 2.69. The summed E-state index contributed by atoms with van der Waals surface area (Å²) in [4.78, 5) is 0. The molecule has 3 aliphatic heterocycles. The van der Waals surface area contributed by atoms with Gasteiger partial charge in [-0.3, -0.25) is 0 Å². The summed E-state index contributed by atoms with van der Waals surface area (Å²) in [5.74, 6) is 2.49. The fourth-order valence-corrected chi connectivity index (χ4v) is 5.30. The van der Waals surface area contributed by atoms with E-state index in [1.54, 1.807) is 0 Å². The predicted octanol–water partition coefficient (Wildman–Crippen LogP) is 2.39. The predicted molar refractivity (Wildman–Crippen MR) is 61.3 cm³/mol. The Bertz CT molecular complexity index is 509. The average molecular weight is 242 g/mol. The standard InChI is InChI=1S/C15H14O3/c1-2-4-7-6(3-1)12-10-8-5-9-11(10)13(7)17-15(9)18-14(8)16-12/h1-4,8-15H,5H2/t8-,9+,10-,11+,12+,13-,14-,15+. The largest absolute Gasteiger partial charge is 0.344 e. The Kier molecular flexibility index (Phi) is 1.34. The summed E-state index contributed by atoms with van der Waals surface area (Å²) in [6.07, 6.45) is 1.72. The molecule has 1 saturated carbocycles. The highest BCUT2D eigenvalue weighted by atomic mass is 16.8. The van der Waals surface area contributed by atoms with E-state index >= 15 is 0 Å². The van der Waals surface area contributed by atoms with Crippen LogP contribution in [0.5, 0.6) is 0 Å². The fourth-order valence-electron chi connectivity index (χ4n) is 5.30. The summed E-state index contributed by atoms with van der Waals surface area (Å²) < 4.78 is 18.4. The third kappa shape index (κ3) is 0.778. The monoisotopic (exact) mass is 242 g/mol. The molecule has 0 unspecified atom stereocenters. The highest BCUT2D eigenvalue weighted by Crippen LogP contribution is 2.70. The molecule has 0 aromatic heterocycles. The van der Waals surface area contributed by atoms with Crippen LogP contribution in [0.2, 0.25) is 0 Å². The topological polar surface area (TPSA) is 27.7 Å². The van der Waals surface area contributed by atoms with Gasteiger partial charge < -0.3 is 14.2 Å². The van der Waals surface area contributed by atoms with E-state index in [2.05, 4.69) is 24.3 Å². The molecule has 6 rings (SSSR count). The van der Waals surface area contributed by atoms with Gasteiger partial charge in [0.15, 0.2) is 12.6 Å². The summed E-state index contributed by atoms with van der Waals surface area (Å²) in [5, 5.41) is 0. The summed E-state index contributed by atoms with van der Waals surface area (Å²) in [7, 11) is 0. The number of hydrogen-bond donors (Lipinski definition) is 0. The molecule has 1 aromatic rings. The van der Waals surface area contributed by atoms with Crippen LogP contribution in [0.4, 0.5) is 0 Å². The Labute approximate surface area is 105 Å². The van der Waals surface area contributed by atoms with Crippen LogP contribution >= 0.6 is 0 Å². The van der Waals surface area contributed by atoms with E-state index in [1.165, 1.54) is 17.5 Å². The molecule has 3 saturated heterocycles. The van der Waals surface area contributed by atoms with Gasteiger partial charge in [-0.05, 0) is 17.5 Å². The van der Waals surface area contributed by atoms with Gasteiger partial charge in [0.25, 0.3) is 0 Å². The molecular weight excluding hydrogens is 228 g/mol. The molecule has 92 valence electrons. The molecular formula is C15H14O3. The molecule has 5 aliphatic rings. The Morgan fingerprint density at radius 3 is 1.89 bits per heavy atom. The maximum Gasteiger partial charge on any atom is 0.164 e. The molecule has 3 heterocycles. The van der Waals surface area contributed by atoms with Crippen molar-refractivity contribution in [2.45, 2.75) is 31.2 Å². The maximum atomic E-state index is 6.21. The second kappa shape index (κ2) is 2.67. The second-order valence-electron chi connectivity index (χ2n) is 6.33. The van der Waals surface area contributed by atoms with Gasteiger partial charge in [-0.25, -0.2) is 0 Å². The molecule has 18 heavy (non-hydrogen) atoms. The zero-order valence-corrected chi connectivity index (χ0v) is 9.86. The Balaban J connectivity index is 1.68. The lowest BCUT2D eigenvalue weighted by atomic mass is 9.72. The third-order valence-electron chi connectivity index (χ3n) is 5.81. The zero-order chi connectivity index (χ0) is 11.4. The van der Waals surface area contributed by atoms with Crippen LogP contribution in [0, 0.1) is 23.7 Å². The van der Waals surface area contributed by atoms with Crippen LogP contribution in [0.1, 0.15) is 29.8 Å². The first-order valence-electron chi connectivity index (χ1n) is 6.97. The van der Waals surface area contributed by atoms with Crippen LogP contribution in [0.25, 0.3) is 0 Å². The molecule has 2 aliphatic carbocycles. The molecule has 0 radical (unpaired) electrons. The third-order valence-corrected chi connectivity index (χ3v) is 5.81. The van der Waals surface area contributed by atoms with E-state index in [4.69, 9.17) is 14.2 Å². The lowest BCUT2D eigenvalue weighted by Gasteiger charge is -2.35. The zero-order valence-electron chi connectivity index (χ0n) is 9.86. The van der Waals surface area contributed by atoms with E-state index in [1.807, 2.05) is 0 Å². The summed E-state index contributed by atoms with van der Waals surface area (Å²) in [5.41, 5.74) is 2.70. The van der Waals surface area contributed by atoms with Crippen LogP contribution in [0.3, 0.4) is 0 Å². The SMILES string of the molecule is c1ccc2c(c1)[C@H]1O[C@H]3O[C@H]4O[C@@H]2[C@@H]2[C@H]4C[C@H]3[C@@H]21. The number of rotatable bonds is 0. The molecule has 0 amide bonds. The summed E-state index contributed by atoms with van der Waals surface area (Å²) in [6, 6.07) is 8.65. The molecule has 0 spiro atoms. The minimum Gasteiger partial charge on any atom is -0.344 e. The van der Waals surface area contributed by atoms with Crippen molar-refractivity contribution in [2.24, 2.45) is 23.7 Å². The molecule has 4 fully saturated rings. The highest BCUT2D eigenvalue weighted by molar-refractivity contribution is 5.38. The summed E-state index contributed by atoms with van der Waals surface area (Å²) in [6.45, 7) is 0. The van der Waals surface area contributed by atoms with E-state index in [-0.39, 0.29) is 24.8 Å². The van der Waals surface area contributed by atoms with Crippen molar-refractivity contribution in [3.05, 3.63) is 35.4 Å². The number of ether oxygens (including phenoxy) is 3. The quantitative estimate of drug-likeness (QED) is 0.699. The number of fused-ring (bicyclic) bond motifs is 3. The Morgan fingerprint density at radius 2 is 1.33 bits per heavy atom. The lowest BCUT2D eigenvalue weighted by molar-refractivity contribution is -0.272. The first-order valence-corrected chi connectivity index (χ1v) is 6.97. The molecule has 3 nitrogen and oxygen atoms in total. The minimum absolute atomic E-state index is 0.0154. The van der Waals surface area contributed by atoms with Gasteiger partial charge in [-0.2, -0.15) is 0 Å². The van der Waals surface area contributed by atoms with Gasteiger partial charge in [0.1, 0.15) is 0 Å². The van der Waals surface area contributed by atoms with Crippen LogP contribution in [-0.2, 0) is 14.2 Å². The van der Waals surface area contributed by atoms with Crippen molar-refractivity contribution < 1.29 is 14.2 Å². The van der Waals surface area contributed by atoms with Crippen LogP contribution < -0.4 is 0 Å². The van der Waals surface area contributed by atoms with Gasteiger partial charge in [0.05, 0.1) is 12.2 Å². The molecule has 0 N–H and O–H groups in total. The van der Waals surface area contributed by atoms with E-state index in [9.17, 15) is 0 Å². The normalized spacial score (nSPS) is 57.1. The fraction of sp³-hybridized carbons (Fsp3) is 0.600. The van der Waals surface area contributed by atoms with Gasteiger partial charge >= 0.3 is 0 Å². The van der Waals surface area contributed by atoms with Crippen molar-refractivity contribution in [3.8, 4) is 0 Å². The van der Waals surface area contributed by atoms with E-state index in [0.29, 0.717) is 23.7 Å². The van der Waals surface area contributed by atoms with Crippen LogP contribution in [0.15, 0.2) is 24.3 Å². The van der Waals surface area contributed by atoms with Gasteiger partial charge in [0.2, 0.25) is 0 Å². The Hall–Kier alpha value is -0.900. The molecule has 1 aromatic carbocycles. The Morgan fingerprint density at radius 1 is 0.778 bits per heavy atom. The minimum atomic E-state index is -0.0154. The second-order valence-corrected chi connectivity index (χ2v) is 6.33. The number of hydrogen-bond acceptors (Lipinski definition) is 3. The molecule has 3 heteroatoms. The van der Waals surface area contributed by atoms with Crippen molar-refractivity contribution in [3.63, 3.8) is 0 Å².